The molecule has 23 heavy (non-hydrogen) atoms. The van der Waals surface area contributed by atoms with E-state index in [9.17, 15) is 22.0 Å². The van der Waals surface area contributed by atoms with Gasteiger partial charge in [-0.25, -0.2) is 17.2 Å². The number of nitrogens with zero attached hydrogens (tertiary/aromatic N) is 1. The largest absolute Gasteiger partial charge is 0.345 e. The van der Waals surface area contributed by atoms with Crippen LogP contribution >= 0.6 is 31.9 Å². The summed E-state index contributed by atoms with van der Waals surface area (Å²) in [4.78, 5) is 12.9. The molecule has 0 atom stereocenters. The molecule has 1 aromatic carbocycles. The number of carbonyl (C=O) groups excluding carboxylic acids is 1. The van der Waals surface area contributed by atoms with Crippen LogP contribution in [-0.2, 0) is 17.1 Å². The second kappa shape index (κ2) is 6.67. The van der Waals surface area contributed by atoms with Crippen LogP contribution in [0.3, 0.4) is 0 Å². The topological polar surface area (TPSA) is 80.2 Å². The molecule has 0 radical (unpaired) electrons. The number of hydrogen-bond acceptors (Lipinski definition) is 3. The van der Waals surface area contributed by atoms with Gasteiger partial charge in [0.15, 0.2) is 0 Å². The van der Waals surface area contributed by atoms with Crippen molar-refractivity contribution in [3.8, 4) is 0 Å². The third-order valence-corrected chi connectivity index (χ3v) is 5.38. The smallest absolute Gasteiger partial charge is 0.282 e. The van der Waals surface area contributed by atoms with Crippen molar-refractivity contribution in [1.82, 2.24) is 14.8 Å². The van der Waals surface area contributed by atoms with Crippen molar-refractivity contribution in [2.45, 2.75) is 4.90 Å². The molecule has 6 nitrogen and oxygen atoms in total. The zero-order valence-electron chi connectivity index (χ0n) is 11.4. The highest BCUT2D eigenvalue weighted by molar-refractivity contribution is 9.10. The normalized spacial score (nSPS) is 11.5. The molecule has 0 aliphatic rings. The first-order chi connectivity index (χ1) is 10.6. The Bertz CT molecular complexity index is 861. The Morgan fingerprint density at radius 3 is 2.39 bits per heavy atom. The van der Waals surface area contributed by atoms with Crippen molar-refractivity contribution in [1.29, 1.82) is 0 Å². The number of carbonyl (C=O) groups is 1. The molecule has 1 aromatic heterocycles. The SMILES string of the molecule is Cn1cc(Br)cc1C(=O)NNS(=O)(=O)c1c(F)cc(F)cc1Br. The molecular formula is C12H9Br2F2N3O3S. The van der Waals surface area contributed by atoms with E-state index in [1.807, 2.05) is 5.43 Å². The highest BCUT2D eigenvalue weighted by Gasteiger charge is 2.24. The standard InChI is InChI=1S/C12H9Br2F2N3O3S/c1-19-5-6(13)2-10(19)12(20)17-18-23(21,22)11-8(14)3-7(15)4-9(11)16/h2-5,18H,1H3,(H,17,20). The number of aromatic nitrogens is 1. The lowest BCUT2D eigenvalue weighted by Gasteiger charge is -2.11. The van der Waals surface area contributed by atoms with Gasteiger partial charge in [0.25, 0.3) is 15.9 Å². The third-order valence-electron chi connectivity index (χ3n) is 2.73. The Kier molecular flexibility index (Phi) is 5.23. The molecule has 0 bridgehead atoms. The quantitative estimate of drug-likeness (QED) is 0.671. The molecule has 0 saturated heterocycles. The fourth-order valence-corrected chi connectivity index (χ4v) is 4.30. The lowest BCUT2D eigenvalue weighted by Crippen LogP contribution is -2.42. The number of rotatable bonds is 4. The Hall–Kier alpha value is -1.30. The Labute approximate surface area is 147 Å². The number of aryl methyl sites for hydroxylation is 1. The van der Waals surface area contributed by atoms with E-state index in [-0.39, 0.29) is 10.2 Å². The maximum atomic E-state index is 13.7. The number of amides is 1. The molecule has 0 aliphatic carbocycles. The van der Waals surface area contributed by atoms with E-state index in [0.717, 1.165) is 6.07 Å². The lowest BCUT2D eigenvalue weighted by molar-refractivity contribution is 0.0937. The van der Waals surface area contributed by atoms with Crippen molar-refractivity contribution < 1.29 is 22.0 Å². The van der Waals surface area contributed by atoms with E-state index in [1.54, 1.807) is 18.1 Å². The first-order valence-electron chi connectivity index (χ1n) is 5.90. The van der Waals surface area contributed by atoms with Crippen molar-refractivity contribution in [3.05, 3.63) is 50.7 Å². The van der Waals surface area contributed by atoms with Crippen LogP contribution in [0.15, 0.2) is 38.2 Å². The first kappa shape index (κ1) is 18.0. The van der Waals surface area contributed by atoms with Crippen molar-refractivity contribution in [2.75, 3.05) is 0 Å². The Morgan fingerprint density at radius 2 is 1.87 bits per heavy atom. The van der Waals surface area contributed by atoms with Crippen LogP contribution in [-0.4, -0.2) is 18.9 Å². The molecule has 0 aliphatic heterocycles. The van der Waals surface area contributed by atoms with Crippen LogP contribution in [0.4, 0.5) is 8.78 Å². The van der Waals surface area contributed by atoms with Gasteiger partial charge in [-0.3, -0.25) is 10.2 Å². The summed E-state index contributed by atoms with van der Waals surface area (Å²) >= 11 is 5.95. The van der Waals surface area contributed by atoms with Crippen LogP contribution in [0.2, 0.25) is 0 Å². The lowest BCUT2D eigenvalue weighted by atomic mass is 10.3. The summed E-state index contributed by atoms with van der Waals surface area (Å²) in [6.07, 6.45) is 1.60. The van der Waals surface area contributed by atoms with E-state index < -0.39 is 32.5 Å². The van der Waals surface area contributed by atoms with Gasteiger partial charge in [0, 0.05) is 28.3 Å². The summed E-state index contributed by atoms with van der Waals surface area (Å²) in [5.41, 5.74) is 2.13. The minimum Gasteiger partial charge on any atom is -0.345 e. The minimum absolute atomic E-state index is 0.165. The molecule has 1 heterocycles. The van der Waals surface area contributed by atoms with Gasteiger partial charge in [-0.15, -0.1) is 4.83 Å². The van der Waals surface area contributed by atoms with Crippen molar-refractivity contribution >= 4 is 47.8 Å². The number of sulfonamides is 1. The fraction of sp³-hybridized carbons (Fsp3) is 0.0833. The zero-order valence-corrected chi connectivity index (χ0v) is 15.4. The van der Waals surface area contributed by atoms with E-state index >= 15 is 0 Å². The average molecular weight is 473 g/mol. The van der Waals surface area contributed by atoms with Gasteiger partial charge in [0.05, 0.1) is 0 Å². The van der Waals surface area contributed by atoms with E-state index in [1.165, 1.54) is 10.6 Å². The molecule has 0 saturated carbocycles. The number of hydrogen-bond donors (Lipinski definition) is 2. The number of hydrazine groups is 1. The number of nitrogens with one attached hydrogen (secondary N) is 2. The first-order valence-corrected chi connectivity index (χ1v) is 8.97. The van der Waals surface area contributed by atoms with Crippen LogP contribution < -0.4 is 10.3 Å². The van der Waals surface area contributed by atoms with Crippen molar-refractivity contribution in [2.24, 2.45) is 7.05 Å². The summed E-state index contributed by atoms with van der Waals surface area (Å²) in [6.45, 7) is 0. The molecule has 11 heteroatoms. The highest BCUT2D eigenvalue weighted by atomic mass is 79.9. The van der Waals surface area contributed by atoms with Crippen LogP contribution in [0.1, 0.15) is 10.5 Å². The van der Waals surface area contributed by atoms with Crippen molar-refractivity contribution in [3.63, 3.8) is 0 Å². The minimum atomic E-state index is -4.44. The maximum Gasteiger partial charge on any atom is 0.282 e. The molecule has 0 fully saturated rings. The summed E-state index contributed by atoms with van der Waals surface area (Å²) in [5, 5.41) is 0. The molecule has 1 amide bonds. The molecule has 2 rings (SSSR count). The highest BCUT2D eigenvalue weighted by Crippen LogP contribution is 2.25. The van der Waals surface area contributed by atoms with Gasteiger partial charge in [-0.2, -0.15) is 0 Å². The zero-order chi connectivity index (χ0) is 17.4. The molecular weight excluding hydrogens is 464 g/mol. The summed E-state index contributed by atoms with van der Waals surface area (Å²) in [5.74, 6) is -2.98. The Balaban J connectivity index is 2.23. The average Bonchev–Trinajstić information content (AvgIpc) is 2.73. The maximum absolute atomic E-state index is 13.7. The van der Waals surface area contributed by atoms with E-state index in [0.29, 0.717) is 10.5 Å². The molecule has 0 spiro atoms. The molecule has 2 aromatic rings. The number of benzene rings is 1. The van der Waals surface area contributed by atoms with Gasteiger partial charge in [-0.05, 0) is 44.0 Å². The van der Waals surface area contributed by atoms with E-state index in [4.69, 9.17) is 0 Å². The fourth-order valence-electron chi connectivity index (χ4n) is 1.76. The molecule has 2 N–H and O–H groups in total. The van der Waals surface area contributed by atoms with Crippen LogP contribution in [0.25, 0.3) is 0 Å². The summed E-state index contributed by atoms with van der Waals surface area (Å²) < 4.78 is 52.7. The van der Waals surface area contributed by atoms with Gasteiger partial charge < -0.3 is 4.57 Å². The second-order valence-corrected chi connectivity index (χ2v) is 7.80. The predicted octanol–water partition coefficient (Wildman–Crippen LogP) is 2.45. The van der Waals surface area contributed by atoms with Crippen LogP contribution in [0.5, 0.6) is 0 Å². The Morgan fingerprint density at radius 1 is 1.22 bits per heavy atom. The van der Waals surface area contributed by atoms with Gasteiger partial charge in [0.1, 0.15) is 22.2 Å². The van der Waals surface area contributed by atoms with Gasteiger partial charge in [0.2, 0.25) is 0 Å². The van der Waals surface area contributed by atoms with E-state index in [2.05, 4.69) is 31.9 Å². The number of halogens is 4. The third kappa shape index (κ3) is 3.97. The van der Waals surface area contributed by atoms with Crippen LogP contribution in [0, 0.1) is 11.6 Å². The predicted molar refractivity (Wildman–Crippen MR) is 85.0 cm³/mol. The van der Waals surface area contributed by atoms with Gasteiger partial charge >= 0.3 is 0 Å². The van der Waals surface area contributed by atoms with Gasteiger partial charge in [-0.1, -0.05) is 0 Å². The monoisotopic (exact) mass is 471 g/mol. The second-order valence-electron chi connectivity index (χ2n) is 4.41. The summed E-state index contributed by atoms with van der Waals surface area (Å²) in [6, 6.07) is 2.70. The summed E-state index contributed by atoms with van der Waals surface area (Å²) in [7, 11) is -2.85. The molecule has 0 unspecified atom stereocenters. The molecule has 124 valence electrons.